The summed E-state index contributed by atoms with van der Waals surface area (Å²) in [5.74, 6) is -0.350. The second-order valence-corrected chi connectivity index (χ2v) is 8.12. The Morgan fingerprint density at radius 1 is 1.33 bits per heavy atom. The first-order valence-corrected chi connectivity index (χ1v) is 10.0. The monoisotopic (exact) mass is 367 g/mol. The maximum Gasteiger partial charge on any atom is 0.356 e. The van der Waals surface area contributed by atoms with Crippen LogP contribution in [0.15, 0.2) is 47.2 Å². The van der Waals surface area contributed by atoms with E-state index in [9.17, 15) is 4.79 Å². The summed E-state index contributed by atoms with van der Waals surface area (Å²) in [6, 6.07) is 3.64. The van der Waals surface area contributed by atoms with Crippen LogP contribution < -0.4 is 0 Å². The first-order chi connectivity index (χ1) is 12.8. The molecular formula is C24H33NO2. The van der Waals surface area contributed by atoms with E-state index in [1.807, 2.05) is 6.07 Å². The Hall–Kier alpha value is -2.16. The number of hydrogen-bond donors (Lipinski definition) is 0. The summed E-state index contributed by atoms with van der Waals surface area (Å²) < 4.78 is 5.19. The van der Waals surface area contributed by atoms with Gasteiger partial charge in [0.25, 0.3) is 0 Å². The van der Waals surface area contributed by atoms with Crippen molar-refractivity contribution in [1.82, 2.24) is 4.98 Å². The van der Waals surface area contributed by atoms with E-state index in [2.05, 4.69) is 57.8 Å². The van der Waals surface area contributed by atoms with Gasteiger partial charge in [0.1, 0.15) is 5.69 Å². The molecule has 0 fully saturated rings. The van der Waals surface area contributed by atoms with Gasteiger partial charge in [-0.1, -0.05) is 62.6 Å². The molecule has 0 saturated carbocycles. The molecule has 0 bridgehead atoms. The number of carbonyl (C=O) groups excluding carboxylic acids is 1. The molecule has 0 saturated heterocycles. The lowest BCUT2D eigenvalue weighted by atomic mass is 9.72. The second-order valence-electron chi connectivity index (χ2n) is 8.12. The third-order valence-electron chi connectivity index (χ3n) is 5.18. The number of pyridine rings is 1. The van der Waals surface area contributed by atoms with E-state index in [1.54, 1.807) is 12.3 Å². The molecule has 0 aromatic carbocycles. The van der Waals surface area contributed by atoms with Crippen molar-refractivity contribution in [1.29, 1.82) is 0 Å². The summed E-state index contributed by atoms with van der Waals surface area (Å²) in [4.78, 5) is 16.1. The zero-order chi connectivity index (χ0) is 19.9. The van der Waals surface area contributed by atoms with Crippen molar-refractivity contribution in [2.45, 2.75) is 66.7 Å². The van der Waals surface area contributed by atoms with Crippen LogP contribution >= 0.6 is 0 Å². The van der Waals surface area contributed by atoms with Gasteiger partial charge in [-0.25, -0.2) is 9.78 Å². The minimum absolute atomic E-state index is 0.250. The van der Waals surface area contributed by atoms with Crippen molar-refractivity contribution in [3.8, 4) is 0 Å². The Balaban J connectivity index is 2.04. The Bertz CT molecular complexity index is 736. The van der Waals surface area contributed by atoms with Gasteiger partial charge < -0.3 is 4.74 Å². The molecule has 3 heteroatoms. The molecule has 1 aliphatic rings. The van der Waals surface area contributed by atoms with Crippen molar-refractivity contribution in [2.24, 2.45) is 5.41 Å². The lowest BCUT2D eigenvalue weighted by Gasteiger charge is -2.32. The van der Waals surface area contributed by atoms with Gasteiger partial charge in [0.2, 0.25) is 0 Å². The highest BCUT2D eigenvalue weighted by atomic mass is 16.5. The summed E-state index contributed by atoms with van der Waals surface area (Å²) >= 11 is 0. The Labute approximate surface area is 164 Å². The lowest BCUT2D eigenvalue weighted by molar-refractivity contribution is 0.0493. The minimum atomic E-state index is -0.350. The van der Waals surface area contributed by atoms with Crippen LogP contribution in [-0.4, -0.2) is 17.6 Å². The first-order valence-electron chi connectivity index (χ1n) is 10.0. The van der Waals surface area contributed by atoms with Crippen molar-refractivity contribution >= 4 is 12.0 Å². The summed E-state index contributed by atoms with van der Waals surface area (Å²) in [5, 5.41) is 0. The smallest absolute Gasteiger partial charge is 0.356 e. The molecule has 27 heavy (non-hydrogen) atoms. The molecule has 146 valence electrons. The van der Waals surface area contributed by atoms with E-state index >= 15 is 0 Å². The Morgan fingerprint density at radius 2 is 2.11 bits per heavy atom. The van der Waals surface area contributed by atoms with E-state index in [0.29, 0.717) is 12.3 Å². The van der Waals surface area contributed by atoms with Gasteiger partial charge in [0.15, 0.2) is 0 Å². The maximum absolute atomic E-state index is 11.9. The number of esters is 1. The van der Waals surface area contributed by atoms with Crippen molar-refractivity contribution < 1.29 is 9.53 Å². The molecule has 1 aliphatic carbocycles. The average molecular weight is 368 g/mol. The van der Waals surface area contributed by atoms with E-state index in [4.69, 9.17) is 4.74 Å². The number of carbonyl (C=O) groups is 1. The molecule has 0 unspecified atom stereocenters. The molecule has 0 aliphatic heterocycles. The molecule has 1 aromatic heterocycles. The standard InChI is InChI=1S/C24H33NO2/c1-6-7-15-27-23(26)22-13-11-20(17-25-22)16-18(2)10-12-21-19(3)9-8-14-24(21,4)5/h10-13,16-17H,6-9,14-15H2,1-5H3. The van der Waals surface area contributed by atoms with Gasteiger partial charge in [0.05, 0.1) is 6.61 Å². The van der Waals surface area contributed by atoms with Crippen molar-refractivity contribution in [3.05, 3.63) is 58.5 Å². The third kappa shape index (κ3) is 6.20. The number of allylic oxidation sites excluding steroid dienone is 5. The zero-order valence-corrected chi connectivity index (χ0v) is 17.5. The van der Waals surface area contributed by atoms with E-state index < -0.39 is 0 Å². The van der Waals surface area contributed by atoms with Crippen molar-refractivity contribution in [3.63, 3.8) is 0 Å². The highest BCUT2D eigenvalue weighted by molar-refractivity contribution is 5.87. The molecule has 0 atom stereocenters. The third-order valence-corrected chi connectivity index (χ3v) is 5.18. The van der Waals surface area contributed by atoms with Crippen LogP contribution in [0.25, 0.3) is 6.08 Å². The molecule has 0 N–H and O–H groups in total. The number of rotatable bonds is 7. The van der Waals surface area contributed by atoms with Crippen LogP contribution in [0, 0.1) is 5.41 Å². The molecule has 0 radical (unpaired) electrons. The highest BCUT2D eigenvalue weighted by Crippen LogP contribution is 2.40. The van der Waals surface area contributed by atoms with Crippen LogP contribution in [0.5, 0.6) is 0 Å². The maximum atomic E-state index is 11.9. The predicted molar refractivity (Wildman–Crippen MR) is 113 cm³/mol. The van der Waals surface area contributed by atoms with Crippen LogP contribution in [0.2, 0.25) is 0 Å². The summed E-state index contributed by atoms with van der Waals surface area (Å²) in [5.41, 5.74) is 5.72. The van der Waals surface area contributed by atoms with Gasteiger partial charge in [-0.3, -0.25) is 0 Å². The first kappa shape index (κ1) is 21.1. The summed E-state index contributed by atoms with van der Waals surface area (Å²) in [7, 11) is 0. The van der Waals surface area contributed by atoms with Crippen LogP contribution in [0.4, 0.5) is 0 Å². The fraction of sp³-hybridized carbons (Fsp3) is 0.500. The van der Waals surface area contributed by atoms with Crippen LogP contribution in [0.3, 0.4) is 0 Å². The SMILES string of the molecule is CCCCOC(=O)c1ccc(C=C(C)C=CC2=C(C)CCCC2(C)C)cn1. The quantitative estimate of drug-likeness (QED) is 0.313. The summed E-state index contributed by atoms with van der Waals surface area (Å²) in [6.07, 6.45) is 13.9. The normalized spacial score (nSPS) is 17.4. The van der Waals surface area contributed by atoms with E-state index in [-0.39, 0.29) is 11.4 Å². The van der Waals surface area contributed by atoms with Gasteiger partial charge in [0, 0.05) is 6.20 Å². The van der Waals surface area contributed by atoms with Gasteiger partial charge in [-0.2, -0.15) is 0 Å². The zero-order valence-electron chi connectivity index (χ0n) is 17.5. The largest absolute Gasteiger partial charge is 0.461 e. The fourth-order valence-corrected chi connectivity index (χ4v) is 3.53. The predicted octanol–water partition coefficient (Wildman–Crippen LogP) is 6.52. The summed E-state index contributed by atoms with van der Waals surface area (Å²) in [6.45, 7) is 11.5. The molecule has 1 heterocycles. The minimum Gasteiger partial charge on any atom is -0.461 e. The Kier molecular flexibility index (Phi) is 7.58. The number of aromatic nitrogens is 1. The molecule has 3 nitrogen and oxygen atoms in total. The second kappa shape index (κ2) is 9.68. The van der Waals surface area contributed by atoms with Gasteiger partial charge in [-0.15, -0.1) is 0 Å². The van der Waals surface area contributed by atoms with Gasteiger partial charge in [-0.05, 0) is 62.1 Å². The fourth-order valence-electron chi connectivity index (χ4n) is 3.53. The molecule has 1 aromatic rings. The van der Waals surface area contributed by atoms with E-state index in [1.165, 1.54) is 30.4 Å². The van der Waals surface area contributed by atoms with E-state index in [0.717, 1.165) is 24.0 Å². The molecule has 0 spiro atoms. The number of hydrogen-bond acceptors (Lipinski definition) is 3. The topological polar surface area (TPSA) is 39.2 Å². The lowest BCUT2D eigenvalue weighted by Crippen LogP contribution is -2.19. The highest BCUT2D eigenvalue weighted by Gasteiger charge is 2.26. The van der Waals surface area contributed by atoms with Crippen LogP contribution in [-0.2, 0) is 4.74 Å². The van der Waals surface area contributed by atoms with Gasteiger partial charge >= 0.3 is 5.97 Å². The average Bonchev–Trinajstić information content (AvgIpc) is 2.61. The van der Waals surface area contributed by atoms with Crippen molar-refractivity contribution in [2.75, 3.05) is 6.61 Å². The number of unbranched alkanes of at least 4 members (excludes halogenated alkanes) is 1. The molecular weight excluding hydrogens is 334 g/mol. The number of ether oxygens (including phenoxy) is 1. The number of nitrogens with zero attached hydrogens (tertiary/aromatic N) is 1. The Morgan fingerprint density at radius 3 is 2.74 bits per heavy atom. The molecule has 2 rings (SSSR count). The van der Waals surface area contributed by atoms with Crippen LogP contribution in [0.1, 0.15) is 82.8 Å². The molecule has 0 amide bonds.